The molecule has 0 saturated carbocycles. The predicted molar refractivity (Wildman–Crippen MR) is 81.7 cm³/mol. The van der Waals surface area contributed by atoms with Gasteiger partial charge in [0, 0.05) is 12.2 Å². The molecule has 1 aromatic rings. The van der Waals surface area contributed by atoms with Gasteiger partial charge in [0.25, 0.3) is 0 Å². The predicted octanol–water partition coefficient (Wildman–Crippen LogP) is -0.764. The Morgan fingerprint density at radius 2 is 1.86 bits per heavy atom. The summed E-state index contributed by atoms with van der Waals surface area (Å²) in [4.78, 5) is 27.3. The van der Waals surface area contributed by atoms with Gasteiger partial charge in [0.2, 0.25) is 0 Å². The summed E-state index contributed by atoms with van der Waals surface area (Å²) < 4.78 is 0. The van der Waals surface area contributed by atoms with E-state index >= 15 is 0 Å². The molecule has 1 unspecified atom stereocenters. The molecule has 10 N–H and O–H groups in total. The molecule has 0 bridgehead atoms. The van der Waals surface area contributed by atoms with E-state index in [0.29, 0.717) is 13.0 Å². The number of ketones is 1. The number of carboxylic acid groups (broad SMARTS) is 1. The van der Waals surface area contributed by atoms with Crippen LogP contribution in [0.15, 0.2) is 17.1 Å². The molecule has 1 rings (SSSR count). The summed E-state index contributed by atoms with van der Waals surface area (Å²) in [7, 11) is 0. The fourth-order valence-corrected chi connectivity index (χ4v) is 1.93. The molecule has 0 aliphatic heterocycles. The third-order valence-corrected chi connectivity index (χ3v) is 2.98. The first-order chi connectivity index (χ1) is 10.3. The van der Waals surface area contributed by atoms with Gasteiger partial charge in [0.1, 0.15) is 11.3 Å². The Bertz CT molecular complexity index is 611. The van der Waals surface area contributed by atoms with Crippen molar-refractivity contribution in [3.8, 4) is 5.75 Å². The van der Waals surface area contributed by atoms with Crippen molar-refractivity contribution in [3.05, 3.63) is 23.3 Å². The van der Waals surface area contributed by atoms with Gasteiger partial charge in [-0.25, -0.2) is 4.79 Å². The zero-order valence-electron chi connectivity index (χ0n) is 11.8. The van der Waals surface area contributed by atoms with Crippen molar-refractivity contribution in [2.45, 2.75) is 18.9 Å². The average Bonchev–Trinajstić information content (AvgIpc) is 2.44. The number of carboxylic acids is 1. The van der Waals surface area contributed by atoms with E-state index in [1.165, 1.54) is 6.07 Å². The maximum absolute atomic E-state index is 12.3. The Hall–Kier alpha value is -2.81. The lowest BCUT2D eigenvalue weighted by Gasteiger charge is -2.14. The summed E-state index contributed by atoms with van der Waals surface area (Å²) in [5.41, 5.74) is 20.9. The van der Waals surface area contributed by atoms with Gasteiger partial charge in [-0.15, -0.1) is 0 Å². The first kappa shape index (κ1) is 17.2. The smallest absolute Gasteiger partial charge is 0.340 e. The highest BCUT2D eigenvalue weighted by Crippen LogP contribution is 2.27. The number of aromatic hydroxyl groups is 1. The molecule has 0 spiro atoms. The Morgan fingerprint density at radius 3 is 2.41 bits per heavy atom. The van der Waals surface area contributed by atoms with Crippen LogP contribution in [0.1, 0.15) is 33.6 Å². The number of nitrogens with two attached hydrogens (primary N) is 4. The van der Waals surface area contributed by atoms with Crippen molar-refractivity contribution in [3.63, 3.8) is 0 Å². The van der Waals surface area contributed by atoms with Crippen LogP contribution < -0.4 is 22.9 Å². The molecule has 0 aromatic heterocycles. The number of hydrogen-bond donors (Lipinski definition) is 6. The van der Waals surface area contributed by atoms with Crippen LogP contribution in [0.25, 0.3) is 0 Å². The molecule has 0 aliphatic rings. The van der Waals surface area contributed by atoms with Crippen molar-refractivity contribution in [2.75, 3.05) is 12.3 Å². The minimum atomic E-state index is -1.46. The van der Waals surface area contributed by atoms with Crippen molar-refractivity contribution in [1.29, 1.82) is 0 Å². The third-order valence-electron chi connectivity index (χ3n) is 2.98. The van der Waals surface area contributed by atoms with Crippen LogP contribution in [0.4, 0.5) is 5.69 Å². The van der Waals surface area contributed by atoms with Crippen LogP contribution in [0.2, 0.25) is 0 Å². The normalized spacial score (nSPS) is 11.7. The molecule has 0 amide bonds. The number of rotatable bonds is 7. The Morgan fingerprint density at radius 1 is 1.23 bits per heavy atom. The number of carbonyl (C=O) groups is 2. The van der Waals surface area contributed by atoms with E-state index in [1.54, 1.807) is 0 Å². The summed E-state index contributed by atoms with van der Waals surface area (Å²) in [6.45, 7) is 0.296. The van der Waals surface area contributed by atoms with Gasteiger partial charge in [-0.3, -0.25) is 9.79 Å². The highest BCUT2D eigenvalue weighted by atomic mass is 16.4. The molecule has 0 aliphatic carbocycles. The fourth-order valence-electron chi connectivity index (χ4n) is 1.93. The molecule has 1 atom stereocenters. The molecule has 0 radical (unpaired) electrons. The fraction of sp³-hybridized carbons (Fsp3) is 0.308. The number of hydrogen-bond acceptors (Lipinski definition) is 6. The summed E-state index contributed by atoms with van der Waals surface area (Å²) >= 11 is 0. The van der Waals surface area contributed by atoms with Crippen LogP contribution >= 0.6 is 0 Å². The van der Waals surface area contributed by atoms with E-state index in [2.05, 4.69) is 4.99 Å². The van der Waals surface area contributed by atoms with E-state index in [9.17, 15) is 14.7 Å². The standard InChI is InChI=1S/C13H19N5O4/c14-6-3-4-8(19)10(12(21)22)9(6)11(20)7(15)2-1-5-18-13(16)17/h3-4,7,19H,1-2,5,14-15H2,(H,21,22)(H4,16,17,18). The second kappa shape index (κ2) is 7.27. The Labute approximate surface area is 126 Å². The highest BCUT2D eigenvalue weighted by Gasteiger charge is 2.26. The number of phenols is 1. The monoisotopic (exact) mass is 309 g/mol. The lowest BCUT2D eigenvalue weighted by molar-refractivity contribution is 0.0688. The van der Waals surface area contributed by atoms with Crippen LogP contribution in [0.3, 0.4) is 0 Å². The van der Waals surface area contributed by atoms with Crippen molar-refractivity contribution in [1.82, 2.24) is 0 Å². The molecule has 1 aromatic carbocycles. The SMILES string of the molecule is NC(N)=NCCCC(N)C(=O)c1c(N)ccc(O)c1C(=O)O. The first-order valence-corrected chi connectivity index (χ1v) is 6.45. The maximum atomic E-state index is 12.3. The summed E-state index contributed by atoms with van der Waals surface area (Å²) in [6, 6.07) is 1.39. The summed E-state index contributed by atoms with van der Waals surface area (Å²) in [5.74, 6) is -2.72. The average molecular weight is 309 g/mol. The van der Waals surface area contributed by atoms with Gasteiger partial charge < -0.3 is 33.1 Å². The van der Waals surface area contributed by atoms with Crippen LogP contribution in [-0.4, -0.2) is 40.5 Å². The molecule has 120 valence electrons. The van der Waals surface area contributed by atoms with Gasteiger partial charge in [-0.1, -0.05) is 0 Å². The summed E-state index contributed by atoms with van der Waals surface area (Å²) in [6.07, 6.45) is 0.676. The third kappa shape index (κ3) is 4.09. The quantitative estimate of drug-likeness (QED) is 0.0944. The number of carbonyl (C=O) groups excluding carboxylic acids is 1. The van der Waals surface area contributed by atoms with E-state index in [-0.39, 0.29) is 23.6 Å². The number of benzene rings is 1. The van der Waals surface area contributed by atoms with E-state index in [0.717, 1.165) is 6.07 Å². The van der Waals surface area contributed by atoms with E-state index in [4.69, 9.17) is 28.0 Å². The zero-order valence-corrected chi connectivity index (χ0v) is 11.8. The Kier molecular flexibility index (Phi) is 5.70. The zero-order chi connectivity index (χ0) is 16.9. The molecular weight excluding hydrogens is 290 g/mol. The van der Waals surface area contributed by atoms with Gasteiger partial charge in [-0.05, 0) is 25.0 Å². The van der Waals surface area contributed by atoms with Gasteiger partial charge >= 0.3 is 5.97 Å². The number of anilines is 1. The van der Waals surface area contributed by atoms with Crippen molar-refractivity contribution >= 4 is 23.4 Å². The largest absolute Gasteiger partial charge is 0.507 e. The number of guanidine groups is 1. The lowest BCUT2D eigenvalue weighted by Crippen LogP contribution is -2.32. The molecule has 0 saturated heterocycles. The molecular formula is C13H19N5O4. The molecule has 0 fully saturated rings. The number of Topliss-reactive ketones (excluding diaryl/α,β-unsaturated/α-hetero) is 1. The van der Waals surface area contributed by atoms with Crippen molar-refractivity contribution < 1.29 is 19.8 Å². The molecule has 9 heteroatoms. The minimum absolute atomic E-state index is 0.0557. The first-order valence-electron chi connectivity index (χ1n) is 6.45. The lowest BCUT2D eigenvalue weighted by atomic mass is 9.94. The van der Waals surface area contributed by atoms with Gasteiger partial charge in [-0.2, -0.15) is 0 Å². The van der Waals surface area contributed by atoms with Crippen LogP contribution in [-0.2, 0) is 0 Å². The number of nitrogens with zero attached hydrogens (tertiary/aromatic N) is 1. The van der Waals surface area contributed by atoms with E-state index in [1.807, 2.05) is 0 Å². The van der Waals surface area contributed by atoms with Gasteiger partial charge in [0.05, 0.1) is 11.6 Å². The number of aliphatic imine (C=N–C) groups is 1. The van der Waals surface area contributed by atoms with Crippen molar-refractivity contribution in [2.24, 2.45) is 22.2 Å². The Balaban J connectivity index is 2.95. The second-order valence-corrected chi connectivity index (χ2v) is 4.65. The topological polar surface area (TPSA) is 191 Å². The molecule has 22 heavy (non-hydrogen) atoms. The number of aromatic carboxylic acids is 1. The van der Waals surface area contributed by atoms with Crippen LogP contribution in [0.5, 0.6) is 5.75 Å². The highest BCUT2D eigenvalue weighted by molar-refractivity contribution is 6.12. The number of nitrogen functional groups attached to an aromatic ring is 1. The molecule has 0 heterocycles. The minimum Gasteiger partial charge on any atom is -0.507 e. The maximum Gasteiger partial charge on any atom is 0.340 e. The van der Waals surface area contributed by atoms with Gasteiger partial charge in [0.15, 0.2) is 11.7 Å². The van der Waals surface area contributed by atoms with E-state index < -0.39 is 29.1 Å². The van der Waals surface area contributed by atoms with Crippen LogP contribution in [0, 0.1) is 0 Å². The second-order valence-electron chi connectivity index (χ2n) is 4.65. The molecule has 9 nitrogen and oxygen atoms in total. The summed E-state index contributed by atoms with van der Waals surface area (Å²) in [5, 5.41) is 18.7.